The van der Waals surface area contributed by atoms with Gasteiger partial charge in [0.2, 0.25) is 0 Å². The molecule has 2 fully saturated rings. The summed E-state index contributed by atoms with van der Waals surface area (Å²) in [5.41, 5.74) is -1.98. The van der Waals surface area contributed by atoms with Gasteiger partial charge in [0, 0.05) is 11.8 Å². The second-order valence-corrected chi connectivity index (χ2v) is 4.59. The lowest BCUT2D eigenvalue weighted by Crippen LogP contribution is -2.54. The molecule has 0 aromatic rings. The normalized spacial score (nSPS) is 30.4. The molecule has 0 aromatic heterocycles. The van der Waals surface area contributed by atoms with Crippen LogP contribution in [-0.4, -0.2) is 64.2 Å². The lowest BCUT2D eigenvalue weighted by Gasteiger charge is -2.27. The molecule has 20 heavy (non-hydrogen) atoms. The molecule has 0 bridgehead atoms. The highest BCUT2D eigenvalue weighted by Gasteiger charge is 2.69. The highest BCUT2D eigenvalue weighted by molar-refractivity contribution is 6.05. The van der Waals surface area contributed by atoms with E-state index in [4.69, 9.17) is 9.47 Å². The average molecular weight is 288 g/mol. The van der Waals surface area contributed by atoms with Crippen LogP contribution >= 0.6 is 0 Å². The van der Waals surface area contributed by atoms with Crippen LogP contribution in [0.15, 0.2) is 0 Å². The Kier molecular flexibility index (Phi) is 3.96. The minimum Gasteiger partial charge on any atom is -0.467 e. The van der Waals surface area contributed by atoms with E-state index in [-0.39, 0.29) is 13.2 Å². The van der Waals surface area contributed by atoms with Crippen LogP contribution in [0, 0.1) is 11.8 Å². The molecule has 2 aliphatic rings. The smallest absolute Gasteiger partial charge is 0.350 e. The van der Waals surface area contributed by atoms with Crippen molar-refractivity contribution in [1.29, 1.82) is 0 Å². The predicted molar refractivity (Wildman–Crippen MR) is 61.5 cm³/mol. The number of carbonyl (C=O) groups excluding carboxylic acids is 3. The van der Waals surface area contributed by atoms with Crippen LogP contribution in [0.1, 0.15) is 0 Å². The number of hydrogen-bond donors (Lipinski definition) is 0. The van der Waals surface area contributed by atoms with Crippen molar-refractivity contribution in [2.75, 3.05) is 34.5 Å². The zero-order chi connectivity index (χ0) is 14.9. The number of hydrogen-bond acceptors (Lipinski definition) is 8. The zero-order valence-electron chi connectivity index (χ0n) is 11.4. The van der Waals surface area contributed by atoms with Crippen molar-refractivity contribution in [3.05, 3.63) is 0 Å². The van der Waals surface area contributed by atoms with Crippen LogP contribution in [0.25, 0.3) is 0 Å². The van der Waals surface area contributed by atoms with Gasteiger partial charge in [0.25, 0.3) is 5.60 Å². The lowest BCUT2D eigenvalue weighted by molar-refractivity contribution is -0.195. The van der Waals surface area contributed by atoms with Gasteiger partial charge in [-0.25, -0.2) is 14.4 Å². The topological polar surface area (TPSA) is 97.4 Å². The fraction of sp³-hybridized carbons (Fsp3) is 0.750. The van der Waals surface area contributed by atoms with Gasteiger partial charge in [0.1, 0.15) is 0 Å². The first-order valence-electron chi connectivity index (χ1n) is 6.03. The maximum atomic E-state index is 12.1. The molecule has 0 N–H and O–H groups in total. The van der Waals surface area contributed by atoms with E-state index in [1.807, 2.05) is 0 Å². The van der Waals surface area contributed by atoms with Gasteiger partial charge in [-0.1, -0.05) is 0 Å². The summed E-state index contributed by atoms with van der Waals surface area (Å²) in [4.78, 5) is 35.9. The summed E-state index contributed by atoms with van der Waals surface area (Å²) >= 11 is 0. The third kappa shape index (κ3) is 1.87. The van der Waals surface area contributed by atoms with Crippen molar-refractivity contribution in [2.24, 2.45) is 11.8 Å². The Hall–Kier alpha value is -1.67. The Morgan fingerprint density at radius 3 is 2.10 bits per heavy atom. The van der Waals surface area contributed by atoms with Gasteiger partial charge in [-0.15, -0.1) is 0 Å². The minimum atomic E-state index is -1.98. The molecule has 0 amide bonds. The van der Waals surface area contributed by atoms with Crippen molar-refractivity contribution in [3.8, 4) is 0 Å². The second-order valence-electron chi connectivity index (χ2n) is 4.59. The standard InChI is InChI=1S/C12H16O8/c1-16-9(13)8-6-4-19-5-7(6)12(20-8,10(14)17-2)11(15)18-3/h6-8H,4-5H2,1-3H3/t6-,7+,8+/m1/s1. The van der Waals surface area contributed by atoms with Gasteiger partial charge in [0.05, 0.1) is 34.5 Å². The summed E-state index contributed by atoms with van der Waals surface area (Å²) < 4.78 is 24.7. The quantitative estimate of drug-likeness (QED) is 0.367. The third-order valence-electron chi connectivity index (χ3n) is 3.76. The van der Waals surface area contributed by atoms with Crippen LogP contribution in [0.2, 0.25) is 0 Å². The molecule has 0 aliphatic carbocycles. The van der Waals surface area contributed by atoms with E-state index in [0.29, 0.717) is 0 Å². The van der Waals surface area contributed by atoms with E-state index in [1.165, 1.54) is 7.11 Å². The monoisotopic (exact) mass is 288 g/mol. The van der Waals surface area contributed by atoms with Gasteiger partial charge < -0.3 is 23.7 Å². The maximum Gasteiger partial charge on any atom is 0.350 e. The van der Waals surface area contributed by atoms with Crippen LogP contribution in [-0.2, 0) is 38.1 Å². The van der Waals surface area contributed by atoms with Gasteiger partial charge in [-0.2, -0.15) is 0 Å². The highest BCUT2D eigenvalue weighted by Crippen LogP contribution is 2.46. The van der Waals surface area contributed by atoms with Crippen LogP contribution in [0.5, 0.6) is 0 Å². The molecule has 8 nitrogen and oxygen atoms in total. The second kappa shape index (κ2) is 5.37. The number of esters is 3. The number of ether oxygens (including phenoxy) is 5. The molecule has 2 aliphatic heterocycles. The summed E-state index contributed by atoms with van der Waals surface area (Å²) in [6.45, 7) is 0.294. The Morgan fingerprint density at radius 1 is 1.00 bits per heavy atom. The summed E-state index contributed by atoms with van der Waals surface area (Å²) in [6, 6.07) is 0. The van der Waals surface area contributed by atoms with Crippen molar-refractivity contribution in [2.45, 2.75) is 11.7 Å². The summed E-state index contributed by atoms with van der Waals surface area (Å²) in [6.07, 6.45) is -1.06. The minimum absolute atomic E-state index is 0.0996. The summed E-state index contributed by atoms with van der Waals surface area (Å²) in [5.74, 6) is -3.58. The SMILES string of the molecule is COC(=O)[C@H]1OC(C(=O)OC)(C(=O)OC)[C@H]2COC[C@@H]12. The number of rotatable bonds is 3. The van der Waals surface area contributed by atoms with Crippen molar-refractivity contribution >= 4 is 17.9 Å². The fourth-order valence-corrected chi connectivity index (χ4v) is 2.79. The molecule has 2 saturated heterocycles. The van der Waals surface area contributed by atoms with E-state index in [0.717, 1.165) is 14.2 Å². The molecule has 0 aromatic carbocycles. The lowest BCUT2D eigenvalue weighted by atomic mass is 9.81. The fourth-order valence-electron chi connectivity index (χ4n) is 2.79. The number of fused-ring (bicyclic) bond motifs is 1. The van der Waals surface area contributed by atoms with E-state index >= 15 is 0 Å². The predicted octanol–water partition coefficient (Wildman–Crippen LogP) is -1.09. The molecule has 2 heterocycles. The summed E-state index contributed by atoms with van der Waals surface area (Å²) in [5, 5.41) is 0. The molecule has 2 rings (SSSR count). The van der Waals surface area contributed by atoms with Gasteiger partial charge >= 0.3 is 17.9 Å². The van der Waals surface area contributed by atoms with Crippen molar-refractivity contribution in [3.63, 3.8) is 0 Å². The first-order valence-corrected chi connectivity index (χ1v) is 6.03. The molecular formula is C12H16O8. The number of carbonyl (C=O) groups is 3. The Bertz CT molecular complexity index is 415. The van der Waals surface area contributed by atoms with E-state index in [2.05, 4.69) is 14.2 Å². The van der Waals surface area contributed by atoms with Crippen LogP contribution in [0.4, 0.5) is 0 Å². The molecular weight excluding hydrogens is 272 g/mol. The molecule has 0 radical (unpaired) electrons. The van der Waals surface area contributed by atoms with E-state index in [9.17, 15) is 14.4 Å². The van der Waals surface area contributed by atoms with Crippen molar-refractivity contribution < 1.29 is 38.1 Å². The molecule has 0 saturated carbocycles. The maximum absolute atomic E-state index is 12.1. The molecule has 3 atom stereocenters. The largest absolute Gasteiger partial charge is 0.467 e. The molecule has 8 heteroatoms. The molecule has 0 unspecified atom stereocenters. The van der Waals surface area contributed by atoms with Crippen LogP contribution < -0.4 is 0 Å². The van der Waals surface area contributed by atoms with Crippen molar-refractivity contribution in [1.82, 2.24) is 0 Å². The third-order valence-corrected chi connectivity index (χ3v) is 3.76. The molecule has 0 spiro atoms. The summed E-state index contributed by atoms with van der Waals surface area (Å²) in [7, 11) is 3.46. The Balaban J connectivity index is 2.44. The molecule has 112 valence electrons. The van der Waals surface area contributed by atoms with E-state index in [1.54, 1.807) is 0 Å². The van der Waals surface area contributed by atoms with Gasteiger partial charge in [-0.3, -0.25) is 0 Å². The van der Waals surface area contributed by atoms with E-state index < -0.39 is 41.4 Å². The number of methoxy groups -OCH3 is 3. The first kappa shape index (κ1) is 14.7. The Morgan fingerprint density at radius 2 is 1.60 bits per heavy atom. The van der Waals surface area contributed by atoms with Gasteiger partial charge in [-0.05, 0) is 0 Å². The van der Waals surface area contributed by atoms with Gasteiger partial charge in [0.15, 0.2) is 6.10 Å². The van der Waals surface area contributed by atoms with Crippen LogP contribution in [0.3, 0.4) is 0 Å². The Labute approximate surface area is 115 Å². The average Bonchev–Trinajstić information content (AvgIpc) is 3.06. The zero-order valence-corrected chi connectivity index (χ0v) is 11.4. The highest BCUT2D eigenvalue weighted by atomic mass is 16.6. The first-order chi connectivity index (χ1) is 9.52.